The van der Waals surface area contributed by atoms with E-state index in [0.29, 0.717) is 0 Å². The number of hydrogen-bond acceptors (Lipinski definition) is 3. The topological polar surface area (TPSA) is 46.2 Å². The molecule has 0 fully saturated rings. The van der Waals surface area contributed by atoms with E-state index in [-0.39, 0.29) is 11.8 Å². The molecule has 1 atom stereocenters. The van der Waals surface area contributed by atoms with E-state index in [1.807, 2.05) is 30.3 Å². The average Bonchev–Trinajstić information content (AvgIpc) is 2.14. The molecule has 0 heterocycles. The van der Waals surface area contributed by atoms with E-state index in [1.54, 1.807) is 7.05 Å². The molecule has 0 aliphatic carbocycles. The van der Waals surface area contributed by atoms with Crippen LogP contribution < -0.4 is 5.32 Å². The van der Waals surface area contributed by atoms with Crippen molar-refractivity contribution in [1.29, 1.82) is 0 Å². The Morgan fingerprint density at radius 2 is 1.86 bits per heavy atom. The SMILES string of the molecule is CNC(CS(C)(=O)=O)c1ccccc1. The Bertz CT molecular complexity index is 372. The highest BCUT2D eigenvalue weighted by Crippen LogP contribution is 2.13. The maximum Gasteiger partial charge on any atom is 0.149 e. The first-order valence-electron chi connectivity index (χ1n) is 4.43. The number of sulfone groups is 1. The van der Waals surface area contributed by atoms with Gasteiger partial charge in [0.15, 0.2) is 0 Å². The molecule has 1 N–H and O–H groups in total. The van der Waals surface area contributed by atoms with Crippen molar-refractivity contribution >= 4 is 9.84 Å². The van der Waals surface area contributed by atoms with Crippen molar-refractivity contribution < 1.29 is 8.42 Å². The van der Waals surface area contributed by atoms with Crippen LogP contribution in [0.15, 0.2) is 30.3 Å². The smallest absolute Gasteiger partial charge is 0.149 e. The van der Waals surface area contributed by atoms with Gasteiger partial charge in [-0.3, -0.25) is 0 Å². The monoisotopic (exact) mass is 213 g/mol. The minimum Gasteiger partial charge on any atom is -0.312 e. The highest BCUT2D eigenvalue weighted by molar-refractivity contribution is 7.90. The van der Waals surface area contributed by atoms with Crippen LogP contribution in [0.1, 0.15) is 11.6 Å². The summed E-state index contributed by atoms with van der Waals surface area (Å²) in [4.78, 5) is 0. The highest BCUT2D eigenvalue weighted by Gasteiger charge is 2.14. The Balaban J connectivity index is 2.84. The van der Waals surface area contributed by atoms with Crippen LogP contribution in [-0.4, -0.2) is 27.5 Å². The second-order valence-electron chi connectivity index (χ2n) is 3.34. The van der Waals surface area contributed by atoms with Crippen molar-refractivity contribution in [3.05, 3.63) is 35.9 Å². The van der Waals surface area contributed by atoms with Crippen molar-refractivity contribution in [3.8, 4) is 0 Å². The lowest BCUT2D eigenvalue weighted by Gasteiger charge is -2.14. The van der Waals surface area contributed by atoms with Gasteiger partial charge in [-0.1, -0.05) is 30.3 Å². The molecule has 0 saturated heterocycles. The van der Waals surface area contributed by atoms with Gasteiger partial charge in [-0.15, -0.1) is 0 Å². The molecule has 3 nitrogen and oxygen atoms in total. The Labute approximate surface area is 85.1 Å². The molecule has 1 unspecified atom stereocenters. The summed E-state index contributed by atoms with van der Waals surface area (Å²) in [5, 5.41) is 3.00. The molecule has 1 aromatic rings. The van der Waals surface area contributed by atoms with Crippen LogP contribution in [0.4, 0.5) is 0 Å². The Kier molecular flexibility index (Phi) is 3.66. The zero-order valence-corrected chi connectivity index (χ0v) is 9.21. The lowest BCUT2D eigenvalue weighted by molar-refractivity contribution is 0.579. The van der Waals surface area contributed by atoms with Crippen molar-refractivity contribution in [2.75, 3.05) is 19.1 Å². The van der Waals surface area contributed by atoms with Crippen LogP contribution in [0.2, 0.25) is 0 Å². The standard InChI is InChI=1S/C10H15NO2S/c1-11-10(8-14(2,12)13)9-6-4-3-5-7-9/h3-7,10-11H,8H2,1-2H3. The maximum absolute atomic E-state index is 11.1. The summed E-state index contributed by atoms with van der Waals surface area (Å²) in [6.45, 7) is 0. The Hall–Kier alpha value is -0.870. The Morgan fingerprint density at radius 3 is 2.29 bits per heavy atom. The van der Waals surface area contributed by atoms with Crippen LogP contribution in [0.5, 0.6) is 0 Å². The molecule has 0 aromatic heterocycles. The molecule has 0 aliphatic heterocycles. The average molecular weight is 213 g/mol. The van der Waals surface area contributed by atoms with E-state index < -0.39 is 9.84 Å². The van der Waals surface area contributed by atoms with Gasteiger partial charge in [-0.2, -0.15) is 0 Å². The molecule has 0 aliphatic rings. The van der Waals surface area contributed by atoms with E-state index in [4.69, 9.17) is 0 Å². The Morgan fingerprint density at radius 1 is 1.29 bits per heavy atom. The molecule has 0 saturated carbocycles. The molecule has 1 aromatic carbocycles. The van der Waals surface area contributed by atoms with Gasteiger partial charge in [0.25, 0.3) is 0 Å². The fourth-order valence-electron chi connectivity index (χ4n) is 1.33. The van der Waals surface area contributed by atoms with E-state index >= 15 is 0 Å². The van der Waals surface area contributed by atoms with Crippen LogP contribution in [0.3, 0.4) is 0 Å². The van der Waals surface area contributed by atoms with Crippen molar-refractivity contribution in [1.82, 2.24) is 5.32 Å². The minimum atomic E-state index is -2.95. The summed E-state index contributed by atoms with van der Waals surface area (Å²) in [5.41, 5.74) is 1.00. The predicted molar refractivity (Wildman–Crippen MR) is 58.0 cm³/mol. The van der Waals surface area contributed by atoms with Crippen LogP contribution >= 0.6 is 0 Å². The normalized spacial score (nSPS) is 13.9. The van der Waals surface area contributed by atoms with Crippen molar-refractivity contribution in [2.45, 2.75) is 6.04 Å². The summed E-state index contributed by atoms with van der Waals surface area (Å²) in [6, 6.07) is 9.45. The molecule has 0 bridgehead atoms. The van der Waals surface area contributed by atoms with Gasteiger partial charge >= 0.3 is 0 Å². The molecule has 4 heteroatoms. The van der Waals surface area contributed by atoms with Crippen LogP contribution in [0, 0.1) is 0 Å². The van der Waals surface area contributed by atoms with Gasteiger partial charge in [0, 0.05) is 12.3 Å². The van der Waals surface area contributed by atoms with Gasteiger partial charge in [0.05, 0.1) is 5.75 Å². The summed E-state index contributed by atoms with van der Waals surface area (Å²) in [5.74, 6) is 0.132. The van der Waals surface area contributed by atoms with E-state index in [2.05, 4.69) is 5.32 Å². The maximum atomic E-state index is 11.1. The number of nitrogens with one attached hydrogen (secondary N) is 1. The van der Waals surface area contributed by atoms with Gasteiger partial charge in [0.2, 0.25) is 0 Å². The number of rotatable bonds is 4. The molecule has 78 valence electrons. The summed E-state index contributed by atoms with van der Waals surface area (Å²) in [7, 11) is -1.18. The van der Waals surface area contributed by atoms with E-state index in [1.165, 1.54) is 6.26 Å². The minimum absolute atomic E-state index is 0.119. The second-order valence-corrected chi connectivity index (χ2v) is 5.53. The molecule has 0 spiro atoms. The van der Waals surface area contributed by atoms with Gasteiger partial charge in [-0.05, 0) is 12.6 Å². The fourth-order valence-corrected chi connectivity index (χ4v) is 2.30. The van der Waals surface area contributed by atoms with Crippen LogP contribution in [0.25, 0.3) is 0 Å². The molecule has 0 amide bonds. The first-order chi connectivity index (χ1) is 6.53. The quantitative estimate of drug-likeness (QED) is 0.811. The zero-order chi connectivity index (χ0) is 10.6. The largest absolute Gasteiger partial charge is 0.312 e. The molecule has 14 heavy (non-hydrogen) atoms. The lowest BCUT2D eigenvalue weighted by atomic mass is 10.1. The lowest BCUT2D eigenvalue weighted by Crippen LogP contribution is -2.24. The molecule has 0 radical (unpaired) electrons. The highest BCUT2D eigenvalue weighted by atomic mass is 32.2. The van der Waals surface area contributed by atoms with Gasteiger partial charge in [0.1, 0.15) is 9.84 Å². The summed E-state index contributed by atoms with van der Waals surface area (Å²) < 4.78 is 22.3. The third-order valence-corrected chi connectivity index (χ3v) is 2.96. The first kappa shape index (κ1) is 11.2. The van der Waals surface area contributed by atoms with Crippen molar-refractivity contribution in [2.24, 2.45) is 0 Å². The molecular weight excluding hydrogens is 198 g/mol. The van der Waals surface area contributed by atoms with Crippen molar-refractivity contribution in [3.63, 3.8) is 0 Å². The van der Waals surface area contributed by atoms with E-state index in [9.17, 15) is 8.42 Å². The third kappa shape index (κ3) is 3.47. The molecule has 1 rings (SSSR count). The fraction of sp³-hybridized carbons (Fsp3) is 0.400. The zero-order valence-electron chi connectivity index (χ0n) is 8.40. The summed E-state index contributed by atoms with van der Waals surface area (Å²) in [6.07, 6.45) is 1.25. The number of benzene rings is 1. The van der Waals surface area contributed by atoms with Gasteiger partial charge in [-0.25, -0.2) is 8.42 Å². The first-order valence-corrected chi connectivity index (χ1v) is 6.49. The molecular formula is C10H15NO2S. The third-order valence-electron chi connectivity index (χ3n) is 2.02. The van der Waals surface area contributed by atoms with E-state index in [0.717, 1.165) is 5.56 Å². The van der Waals surface area contributed by atoms with Crippen LogP contribution in [-0.2, 0) is 9.84 Å². The second kappa shape index (κ2) is 4.57. The number of hydrogen-bond donors (Lipinski definition) is 1. The summed E-state index contributed by atoms with van der Waals surface area (Å²) >= 11 is 0. The van der Waals surface area contributed by atoms with Gasteiger partial charge < -0.3 is 5.32 Å². The predicted octanol–water partition coefficient (Wildman–Crippen LogP) is 0.992.